The van der Waals surface area contributed by atoms with Crippen molar-refractivity contribution in [2.45, 2.75) is 32.0 Å². The van der Waals surface area contributed by atoms with Crippen LogP contribution in [0.4, 0.5) is 5.69 Å². The lowest BCUT2D eigenvalue weighted by molar-refractivity contribution is -0.122. The summed E-state index contributed by atoms with van der Waals surface area (Å²) in [5, 5.41) is 0.637. The molecule has 7 nitrogen and oxygen atoms in total. The Morgan fingerprint density at radius 1 is 1.23 bits per heavy atom. The van der Waals surface area contributed by atoms with E-state index in [4.69, 9.17) is 16.3 Å². The van der Waals surface area contributed by atoms with Crippen LogP contribution in [0, 0.1) is 6.92 Å². The van der Waals surface area contributed by atoms with Gasteiger partial charge in [-0.1, -0.05) is 11.6 Å². The average Bonchev–Trinajstić information content (AvgIpc) is 3.46. The van der Waals surface area contributed by atoms with Crippen molar-refractivity contribution >= 4 is 23.2 Å². The molecule has 0 radical (unpaired) electrons. The van der Waals surface area contributed by atoms with Crippen LogP contribution >= 0.6 is 11.6 Å². The molecule has 2 atom stereocenters. The highest BCUT2D eigenvalue weighted by molar-refractivity contribution is 6.31. The quantitative estimate of drug-likeness (QED) is 0.630. The Balaban J connectivity index is 1.38. The van der Waals surface area contributed by atoms with Gasteiger partial charge in [0.1, 0.15) is 5.75 Å². The molecule has 1 aromatic carbocycles. The molecule has 2 aliphatic heterocycles. The number of benzene rings is 1. The summed E-state index contributed by atoms with van der Waals surface area (Å²) in [6.07, 6.45) is 6.22. The smallest absolute Gasteiger partial charge is 0.244 e. The third kappa shape index (κ3) is 3.05. The summed E-state index contributed by atoms with van der Waals surface area (Å²) in [4.78, 5) is 26.1. The third-order valence-corrected chi connectivity index (χ3v) is 6.36. The zero-order valence-electron chi connectivity index (χ0n) is 16.8. The number of hydrogen-bond acceptors (Lipinski definition) is 5. The molecular weight excluding hydrogens is 402 g/mol. The summed E-state index contributed by atoms with van der Waals surface area (Å²) < 4.78 is 7.49. The zero-order chi connectivity index (χ0) is 20.8. The number of aryl methyl sites for hydroxylation is 1. The van der Waals surface area contributed by atoms with Crippen molar-refractivity contribution in [2.75, 3.05) is 18.6 Å². The summed E-state index contributed by atoms with van der Waals surface area (Å²) in [6, 6.07) is 9.54. The molecule has 2 fully saturated rings. The molecule has 1 amide bonds. The molecule has 3 aromatic rings. The molecule has 154 valence electrons. The van der Waals surface area contributed by atoms with Crippen LogP contribution in [0.15, 0.2) is 48.9 Å². The number of ether oxygens (including phenoxy) is 1. The predicted molar refractivity (Wildman–Crippen MR) is 114 cm³/mol. The molecule has 5 rings (SSSR count). The van der Waals surface area contributed by atoms with Crippen molar-refractivity contribution in [1.29, 1.82) is 0 Å². The standard InChI is InChI=1S/C22H22ClN5O2/c1-14-9-18(20(30-2)11-17(14)23)28-16-10-19(21(28)29)26(13-16)12-15-5-3-8-27(15)22-24-6-4-7-25-22/h3-9,11,16,19H,10,12-13H2,1-2H3/t16-,19-/m0/s1. The number of nitrogens with zero attached hydrogens (tertiary/aromatic N) is 5. The van der Waals surface area contributed by atoms with E-state index < -0.39 is 0 Å². The fourth-order valence-corrected chi connectivity index (χ4v) is 4.67. The van der Waals surface area contributed by atoms with Crippen LogP contribution in [-0.4, -0.2) is 51.1 Å². The number of anilines is 1. The number of fused-ring (bicyclic) bond motifs is 2. The second-order valence-electron chi connectivity index (χ2n) is 7.73. The maximum Gasteiger partial charge on any atom is 0.244 e. The van der Waals surface area contributed by atoms with Crippen molar-refractivity contribution in [3.05, 3.63) is 65.2 Å². The Bertz CT molecular complexity index is 1100. The number of aromatic nitrogens is 3. The minimum absolute atomic E-state index is 0.111. The number of amides is 1. The SMILES string of the molecule is COc1cc(Cl)c(C)cc1N1C(=O)[C@@H]2C[C@H]1CN2Cc1cccn1-c1ncccn1. The summed E-state index contributed by atoms with van der Waals surface area (Å²) in [6.45, 7) is 3.42. The molecule has 2 saturated heterocycles. The average molecular weight is 424 g/mol. The van der Waals surface area contributed by atoms with Gasteiger partial charge in [-0.15, -0.1) is 0 Å². The Kier molecular flexibility index (Phi) is 4.72. The second-order valence-corrected chi connectivity index (χ2v) is 8.14. The first-order valence-corrected chi connectivity index (χ1v) is 10.3. The van der Waals surface area contributed by atoms with E-state index in [2.05, 4.69) is 20.9 Å². The van der Waals surface area contributed by atoms with Crippen molar-refractivity contribution in [3.8, 4) is 11.7 Å². The van der Waals surface area contributed by atoms with Crippen molar-refractivity contribution in [3.63, 3.8) is 0 Å². The Morgan fingerprint density at radius 2 is 2.03 bits per heavy atom. The number of carbonyl (C=O) groups excluding carboxylic acids is 1. The summed E-state index contributed by atoms with van der Waals surface area (Å²) in [7, 11) is 1.61. The second kappa shape index (κ2) is 7.41. The van der Waals surface area contributed by atoms with E-state index in [9.17, 15) is 4.79 Å². The molecule has 0 aliphatic carbocycles. The lowest BCUT2D eigenvalue weighted by atomic mass is 10.1. The van der Waals surface area contributed by atoms with E-state index in [0.29, 0.717) is 23.3 Å². The lowest BCUT2D eigenvalue weighted by Gasteiger charge is -2.34. The maximum absolute atomic E-state index is 13.3. The number of carbonyl (C=O) groups is 1. The fraction of sp³-hybridized carbons (Fsp3) is 0.318. The van der Waals surface area contributed by atoms with Gasteiger partial charge in [-0.3, -0.25) is 14.3 Å². The molecule has 30 heavy (non-hydrogen) atoms. The number of halogens is 1. The van der Waals surface area contributed by atoms with E-state index in [-0.39, 0.29) is 18.0 Å². The number of piperazine rings is 1. The summed E-state index contributed by atoms with van der Waals surface area (Å²) >= 11 is 6.25. The monoisotopic (exact) mass is 423 g/mol. The van der Waals surface area contributed by atoms with Crippen LogP contribution in [0.25, 0.3) is 5.95 Å². The lowest BCUT2D eigenvalue weighted by Crippen LogP contribution is -2.50. The number of likely N-dealkylation sites (tertiary alicyclic amines) is 1. The first-order chi connectivity index (χ1) is 14.6. The van der Waals surface area contributed by atoms with Crippen molar-refractivity contribution < 1.29 is 9.53 Å². The van der Waals surface area contributed by atoms with Gasteiger partial charge in [0.2, 0.25) is 11.9 Å². The highest BCUT2D eigenvalue weighted by Gasteiger charge is 2.50. The molecular formula is C22H22ClN5O2. The van der Waals surface area contributed by atoms with Gasteiger partial charge in [-0.2, -0.15) is 0 Å². The minimum atomic E-state index is -0.143. The molecule has 0 saturated carbocycles. The van der Waals surface area contributed by atoms with Crippen LogP contribution < -0.4 is 9.64 Å². The van der Waals surface area contributed by atoms with Crippen molar-refractivity contribution in [2.24, 2.45) is 0 Å². The molecule has 4 heterocycles. The first-order valence-electron chi connectivity index (χ1n) is 9.91. The Hall–Kier alpha value is -2.90. The van der Waals surface area contributed by atoms with E-state index in [1.807, 2.05) is 34.7 Å². The van der Waals surface area contributed by atoms with Gasteiger partial charge < -0.3 is 9.64 Å². The predicted octanol–water partition coefficient (Wildman–Crippen LogP) is 3.23. The largest absolute Gasteiger partial charge is 0.495 e. The molecule has 2 aliphatic rings. The van der Waals surface area contributed by atoms with Gasteiger partial charge in [-0.25, -0.2) is 9.97 Å². The zero-order valence-corrected chi connectivity index (χ0v) is 17.6. The Labute approximate surface area is 179 Å². The highest BCUT2D eigenvalue weighted by atomic mass is 35.5. The van der Waals surface area contributed by atoms with Crippen LogP contribution in [0.2, 0.25) is 5.02 Å². The molecule has 0 unspecified atom stereocenters. The molecule has 0 N–H and O–H groups in total. The number of methoxy groups -OCH3 is 1. The molecule has 8 heteroatoms. The molecule has 0 spiro atoms. The van der Waals surface area contributed by atoms with E-state index >= 15 is 0 Å². The molecule has 2 bridgehead atoms. The van der Waals surface area contributed by atoms with E-state index in [0.717, 1.165) is 29.9 Å². The first kappa shape index (κ1) is 19.1. The Morgan fingerprint density at radius 3 is 2.77 bits per heavy atom. The van der Waals surface area contributed by atoms with Gasteiger partial charge in [0, 0.05) is 48.5 Å². The summed E-state index contributed by atoms with van der Waals surface area (Å²) in [5.74, 6) is 1.38. The van der Waals surface area contributed by atoms with Gasteiger partial charge in [-0.05, 0) is 43.2 Å². The highest BCUT2D eigenvalue weighted by Crippen LogP contribution is 2.42. The van der Waals surface area contributed by atoms with Gasteiger partial charge in [0.25, 0.3) is 0 Å². The number of rotatable bonds is 5. The van der Waals surface area contributed by atoms with Gasteiger partial charge in [0.15, 0.2) is 0 Å². The van der Waals surface area contributed by atoms with Crippen LogP contribution in [0.5, 0.6) is 5.75 Å². The molecule has 2 aromatic heterocycles. The van der Waals surface area contributed by atoms with Gasteiger partial charge in [0.05, 0.1) is 24.9 Å². The van der Waals surface area contributed by atoms with Crippen LogP contribution in [0.1, 0.15) is 17.7 Å². The van der Waals surface area contributed by atoms with E-state index in [1.54, 1.807) is 31.6 Å². The fourth-order valence-electron chi connectivity index (χ4n) is 4.52. The van der Waals surface area contributed by atoms with Crippen LogP contribution in [-0.2, 0) is 11.3 Å². The van der Waals surface area contributed by atoms with Gasteiger partial charge >= 0.3 is 0 Å². The van der Waals surface area contributed by atoms with Crippen molar-refractivity contribution in [1.82, 2.24) is 19.4 Å². The normalized spacial score (nSPS) is 20.9. The third-order valence-electron chi connectivity index (χ3n) is 5.95. The van der Waals surface area contributed by atoms with Crippen LogP contribution in [0.3, 0.4) is 0 Å². The topological polar surface area (TPSA) is 63.5 Å². The number of hydrogen-bond donors (Lipinski definition) is 0. The summed E-state index contributed by atoms with van der Waals surface area (Å²) in [5.41, 5.74) is 2.80. The minimum Gasteiger partial charge on any atom is -0.495 e. The maximum atomic E-state index is 13.3. The van der Waals surface area contributed by atoms with E-state index in [1.165, 1.54) is 0 Å².